The van der Waals surface area contributed by atoms with Crippen molar-refractivity contribution in [2.75, 3.05) is 6.61 Å². The van der Waals surface area contributed by atoms with Gasteiger partial charge >= 0.3 is 11.9 Å². The van der Waals surface area contributed by atoms with Gasteiger partial charge in [-0.15, -0.1) is 0 Å². The summed E-state index contributed by atoms with van der Waals surface area (Å²) >= 11 is 0. The summed E-state index contributed by atoms with van der Waals surface area (Å²) in [6, 6.07) is 0. The second-order valence-electron chi connectivity index (χ2n) is 5.78. The lowest BCUT2D eigenvalue weighted by Gasteiger charge is -2.00. The van der Waals surface area contributed by atoms with Crippen molar-refractivity contribution < 1.29 is 19.4 Å². The van der Waals surface area contributed by atoms with Crippen molar-refractivity contribution in [2.24, 2.45) is 5.92 Å². The number of carbonyl (C=O) groups excluding carboxylic acids is 1. The van der Waals surface area contributed by atoms with Crippen LogP contribution in [0, 0.1) is 5.92 Å². The number of ether oxygens (including phenoxy) is 1. The molecule has 140 valence electrons. The summed E-state index contributed by atoms with van der Waals surface area (Å²) in [4.78, 5) is 21.1. The largest absolute Gasteiger partial charge is 0.481 e. The molecule has 0 saturated carbocycles. The Morgan fingerprint density at radius 3 is 2.29 bits per heavy atom. The van der Waals surface area contributed by atoms with Crippen LogP contribution >= 0.6 is 0 Å². The van der Waals surface area contributed by atoms with E-state index in [1.807, 2.05) is 26.0 Å². The molecule has 4 nitrogen and oxygen atoms in total. The van der Waals surface area contributed by atoms with Crippen LogP contribution in [0.5, 0.6) is 0 Å². The minimum absolute atomic E-state index is 0.0811. The van der Waals surface area contributed by atoms with Gasteiger partial charge in [-0.25, -0.2) is 0 Å². The van der Waals surface area contributed by atoms with E-state index in [2.05, 4.69) is 26.0 Å². The van der Waals surface area contributed by atoms with E-state index in [0.717, 1.165) is 25.7 Å². The van der Waals surface area contributed by atoms with Gasteiger partial charge in [-0.3, -0.25) is 9.59 Å². The molecule has 0 heterocycles. The molecule has 0 aromatic rings. The van der Waals surface area contributed by atoms with Crippen molar-refractivity contribution >= 4 is 11.9 Å². The van der Waals surface area contributed by atoms with Crippen LogP contribution in [0.2, 0.25) is 0 Å². The van der Waals surface area contributed by atoms with Crippen molar-refractivity contribution in [3.05, 3.63) is 24.3 Å². The van der Waals surface area contributed by atoms with Crippen LogP contribution in [0.15, 0.2) is 24.3 Å². The first-order chi connectivity index (χ1) is 11.5. The highest BCUT2D eigenvalue weighted by atomic mass is 16.5. The first-order valence-electron chi connectivity index (χ1n) is 9.16. The number of carboxylic acids is 1. The van der Waals surface area contributed by atoms with Crippen LogP contribution in [0.4, 0.5) is 0 Å². The van der Waals surface area contributed by atoms with E-state index < -0.39 is 5.97 Å². The highest BCUT2D eigenvalue weighted by Crippen LogP contribution is 2.05. The molecule has 0 saturated heterocycles. The molecule has 4 heteroatoms. The highest BCUT2D eigenvalue weighted by Gasteiger charge is 2.02. The Kier molecular flexibility index (Phi) is 20.0. The molecule has 0 fully saturated rings. The fraction of sp³-hybridized carbons (Fsp3) is 0.700. The van der Waals surface area contributed by atoms with Crippen molar-refractivity contribution in [1.29, 1.82) is 0 Å². The van der Waals surface area contributed by atoms with Gasteiger partial charge in [0, 0.05) is 6.42 Å². The maximum Gasteiger partial charge on any atom is 0.305 e. The van der Waals surface area contributed by atoms with Crippen LogP contribution in [0.25, 0.3) is 0 Å². The van der Waals surface area contributed by atoms with E-state index in [4.69, 9.17) is 9.84 Å². The van der Waals surface area contributed by atoms with Crippen molar-refractivity contribution in [3.8, 4) is 0 Å². The van der Waals surface area contributed by atoms with Gasteiger partial charge in [-0.05, 0) is 31.6 Å². The predicted octanol–water partition coefficient (Wildman–Crippen LogP) is 5.53. The summed E-state index contributed by atoms with van der Waals surface area (Å²) in [6.45, 7) is 8.65. The van der Waals surface area contributed by atoms with Gasteiger partial charge in [-0.1, -0.05) is 64.8 Å². The number of carboxylic acid groups (broad SMARTS) is 1. The number of hydrogen-bond donors (Lipinski definition) is 1. The summed E-state index contributed by atoms with van der Waals surface area (Å²) in [5.74, 6) is -0.635. The third-order valence-corrected chi connectivity index (χ3v) is 3.09. The van der Waals surface area contributed by atoms with Crippen molar-refractivity contribution in [2.45, 2.75) is 79.1 Å². The number of esters is 1. The molecule has 0 aromatic heterocycles. The molecule has 1 unspecified atom stereocenters. The minimum Gasteiger partial charge on any atom is -0.481 e. The normalized spacial score (nSPS) is 12.0. The number of rotatable bonds is 12. The molecule has 1 N–H and O–H groups in total. The van der Waals surface area contributed by atoms with Gasteiger partial charge in [-0.2, -0.15) is 0 Å². The fourth-order valence-corrected chi connectivity index (χ4v) is 1.80. The zero-order chi connectivity index (χ0) is 18.6. The Bertz CT molecular complexity index is 359. The van der Waals surface area contributed by atoms with E-state index in [-0.39, 0.29) is 18.3 Å². The van der Waals surface area contributed by atoms with Gasteiger partial charge in [0.25, 0.3) is 0 Å². The zero-order valence-electron chi connectivity index (χ0n) is 15.9. The maximum atomic E-state index is 10.8. The number of allylic oxidation sites excluding steroid dienone is 3. The Hall–Kier alpha value is -1.58. The van der Waals surface area contributed by atoms with Crippen LogP contribution in [0.3, 0.4) is 0 Å². The molecule has 0 radical (unpaired) electrons. The monoisotopic (exact) mass is 340 g/mol. The topological polar surface area (TPSA) is 63.6 Å². The molecule has 0 bridgehead atoms. The van der Waals surface area contributed by atoms with E-state index in [0.29, 0.717) is 13.0 Å². The van der Waals surface area contributed by atoms with Crippen molar-refractivity contribution in [3.63, 3.8) is 0 Å². The quantitative estimate of drug-likeness (QED) is 0.288. The summed E-state index contributed by atoms with van der Waals surface area (Å²) in [5, 5.41) is 8.45. The Balaban J connectivity index is 0. The summed E-state index contributed by atoms with van der Waals surface area (Å²) in [6.07, 6.45) is 15.2. The fourth-order valence-electron chi connectivity index (χ4n) is 1.80. The Morgan fingerprint density at radius 1 is 1.04 bits per heavy atom. The lowest BCUT2D eigenvalue weighted by atomic mass is 10.1. The van der Waals surface area contributed by atoms with Crippen LogP contribution in [-0.2, 0) is 14.3 Å². The summed E-state index contributed by atoms with van der Waals surface area (Å²) in [5.41, 5.74) is 0. The van der Waals surface area contributed by atoms with Gasteiger partial charge in [0.1, 0.15) is 0 Å². The standard InChI is InChI=1S/2C10H18O2/c1-3-4-5-6-7-9(2)8-10(11)12;1-3-5-6-7-9-12-10(11)8-4-2/h6-7,9H,3-5,8H2,1-2H3,(H,11,12);5-6H,3-4,7-9H2,1-2H3/b7-6+;6-5+. The van der Waals surface area contributed by atoms with E-state index in [1.165, 1.54) is 12.8 Å². The van der Waals surface area contributed by atoms with Gasteiger partial charge in [0.2, 0.25) is 0 Å². The van der Waals surface area contributed by atoms with Crippen molar-refractivity contribution in [1.82, 2.24) is 0 Å². The molecule has 24 heavy (non-hydrogen) atoms. The Morgan fingerprint density at radius 2 is 1.75 bits per heavy atom. The first-order valence-corrected chi connectivity index (χ1v) is 9.16. The highest BCUT2D eigenvalue weighted by molar-refractivity contribution is 5.69. The Labute approximate surface area is 148 Å². The second-order valence-corrected chi connectivity index (χ2v) is 5.78. The maximum absolute atomic E-state index is 10.8. The van der Waals surface area contributed by atoms with E-state index in [1.54, 1.807) is 0 Å². The number of aliphatic carboxylic acids is 1. The number of unbranched alkanes of at least 4 members (excludes halogenated alkanes) is 2. The van der Waals surface area contributed by atoms with Gasteiger partial charge in [0.05, 0.1) is 13.0 Å². The molecule has 0 aromatic carbocycles. The van der Waals surface area contributed by atoms with Crippen LogP contribution in [0.1, 0.15) is 79.1 Å². The lowest BCUT2D eigenvalue weighted by molar-refractivity contribution is -0.143. The molecular formula is C20H36O4. The lowest BCUT2D eigenvalue weighted by Crippen LogP contribution is -2.04. The smallest absolute Gasteiger partial charge is 0.305 e. The van der Waals surface area contributed by atoms with Crippen LogP contribution < -0.4 is 0 Å². The third-order valence-electron chi connectivity index (χ3n) is 3.09. The number of carbonyl (C=O) groups is 2. The van der Waals surface area contributed by atoms with Gasteiger partial charge in [0.15, 0.2) is 0 Å². The average molecular weight is 341 g/mol. The van der Waals surface area contributed by atoms with Gasteiger partial charge < -0.3 is 9.84 Å². The second kappa shape index (κ2) is 19.5. The SMILES string of the molecule is CC/C=C/CCOC(=O)CCC.CCCC/C=C/C(C)CC(=O)O. The average Bonchev–Trinajstić information content (AvgIpc) is 2.52. The minimum atomic E-state index is -0.720. The molecule has 0 aliphatic carbocycles. The van der Waals surface area contributed by atoms with Crippen LogP contribution in [-0.4, -0.2) is 23.7 Å². The molecule has 0 spiro atoms. The zero-order valence-corrected chi connectivity index (χ0v) is 15.9. The third kappa shape index (κ3) is 22.7. The molecule has 0 amide bonds. The molecule has 1 atom stereocenters. The molecule has 0 aliphatic heterocycles. The first kappa shape index (κ1) is 24.7. The summed E-state index contributed by atoms with van der Waals surface area (Å²) < 4.78 is 4.94. The number of hydrogen-bond acceptors (Lipinski definition) is 3. The predicted molar refractivity (Wildman–Crippen MR) is 100.0 cm³/mol. The molecule has 0 aliphatic rings. The van der Waals surface area contributed by atoms with E-state index in [9.17, 15) is 9.59 Å². The molecule has 0 rings (SSSR count). The molecular weight excluding hydrogens is 304 g/mol. The van der Waals surface area contributed by atoms with E-state index >= 15 is 0 Å². The summed E-state index contributed by atoms with van der Waals surface area (Å²) in [7, 11) is 0.